The molecule has 0 aromatic rings. The average Bonchev–Trinajstić information content (AvgIpc) is 1.60. The van der Waals surface area contributed by atoms with E-state index in [-0.39, 0.29) is 47.8 Å². The molecule has 0 aromatic carbocycles. The summed E-state index contributed by atoms with van der Waals surface area (Å²) in [5, 5.41) is 18.3. The van der Waals surface area contributed by atoms with E-state index in [2.05, 4.69) is 43.0 Å². The molecule has 96 heavy (non-hydrogen) atoms. The monoisotopic (exact) mass is 1370 g/mol. The normalized spacial score (nSPS) is 22.4. The van der Waals surface area contributed by atoms with Crippen molar-refractivity contribution >= 4 is 48.3 Å². The maximum absolute atomic E-state index is 12.6. The summed E-state index contributed by atoms with van der Waals surface area (Å²) < 4.78 is 42.8. The van der Waals surface area contributed by atoms with Crippen molar-refractivity contribution < 1.29 is 97.1 Å². The smallest absolute Gasteiger partial charge is 0.408 e. The predicted octanol–water partition coefficient (Wildman–Crippen LogP) is 3.99. The second-order valence-electron chi connectivity index (χ2n) is 32.5. The molecule has 12 N–H and O–H groups in total. The van der Waals surface area contributed by atoms with Crippen LogP contribution in [0.4, 0.5) is 19.2 Å². The van der Waals surface area contributed by atoms with Crippen LogP contribution >= 0.6 is 0 Å². The zero-order valence-corrected chi connectivity index (χ0v) is 61.7. The molecule has 4 aliphatic carbocycles. The van der Waals surface area contributed by atoms with Gasteiger partial charge in [-0.2, -0.15) is 43.0 Å². The fourth-order valence-corrected chi connectivity index (χ4v) is 11.2. The highest BCUT2D eigenvalue weighted by molar-refractivity contribution is 5.84. The summed E-state index contributed by atoms with van der Waals surface area (Å²) in [7, 11) is 0. The van der Waals surface area contributed by atoms with Gasteiger partial charge in [0, 0.05) is 24.2 Å². The fourth-order valence-electron chi connectivity index (χ4n) is 11.2. The summed E-state index contributed by atoms with van der Waals surface area (Å²) >= 11 is 0. The highest BCUT2D eigenvalue weighted by Gasteiger charge is 2.45. The summed E-state index contributed by atoms with van der Waals surface area (Å²) in [6.45, 7) is 42.3. The lowest BCUT2D eigenvalue weighted by atomic mass is 9.94. The van der Waals surface area contributed by atoms with Crippen molar-refractivity contribution in [1.82, 2.24) is 43.0 Å². The van der Waals surface area contributed by atoms with Gasteiger partial charge in [-0.3, -0.25) is 21.7 Å². The molecule has 0 aliphatic heterocycles. The molecule has 0 spiro atoms. The van der Waals surface area contributed by atoms with E-state index in [4.69, 9.17) is 60.0 Å². The number of hydrogen-bond acceptors (Lipinski definition) is 16. The van der Waals surface area contributed by atoms with E-state index in [0.29, 0.717) is 0 Å². The SMILES string of the molecule is CC(C)(C)OC(=O)N[C@@H](C(=O)OC(C)(C)C)[C@@H]1CCC[C@H]1N[NH+]=[N-].CC(C)(C)OC(=O)N[C@@H](C(=O)OC(C)(C)C)[C@H]1CCC[C@H]1N[NH+]=[N-].CC(C)(C)OC(=O)N[C@H](C(=O)OC(C)(C)C)[C@@H]1CCC[C@H]1N[NH+]=[N-].CC(C)(C)OC(=O)N[C@H](C(=O)OC(C)(C)C)[C@H]1CCC[C@H]1N[NH+]=[N-]. The first-order chi connectivity index (χ1) is 43.7. The third kappa shape index (κ3) is 36.1. The quantitative estimate of drug-likeness (QED) is 0.0355. The lowest BCUT2D eigenvalue weighted by Gasteiger charge is -2.31. The molecule has 4 amide bonds. The molecule has 4 saturated carbocycles. The molecule has 0 unspecified atom stereocenters. The van der Waals surface area contributed by atoms with Gasteiger partial charge in [-0.25, -0.2) is 38.4 Å². The van der Waals surface area contributed by atoms with E-state index in [1.807, 2.05) is 20.9 Å². The fraction of sp³-hybridized carbons (Fsp3) is 0.875. The Balaban J connectivity index is 0.000000640. The van der Waals surface area contributed by atoms with Crippen LogP contribution in [0.15, 0.2) is 0 Å². The van der Waals surface area contributed by atoms with Gasteiger partial charge in [0.1, 0.15) is 69.0 Å². The molecule has 4 fully saturated rings. The second kappa shape index (κ2) is 37.3. The summed E-state index contributed by atoms with van der Waals surface area (Å²) in [4.78, 5) is 98.9. The van der Waals surface area contributed by atoms with E-state index in [1.165, 1.54) is 0 Å². The van der Waals surface area contributed by atoms with Gasteiger partial charge in [0.2, 0.25) is 0 Å². The number of hydrogen-bond donors (Lipinski definition) is 12. The molecular formula is C64H120N16O16. The van der Waals surface area contributed by atoms with Gasteiger partial charge in [0.15, 0.2) is 0 Å². The average molecular weight is 1370 g/mol. The maximum Gasteiger partial charge on any atom is 0.408 e. The number of nitrogens with zero attached hydrogens (tertiary/aromatic N) is 4. The van der Waals surface area contributed by atoms with Crippen LogP contribution in [-0.4, -0.2) is 141 Å². The van der Waals surface area contributed by atoms with Crippen LogP contribution in [-0.2, 0) is 57.1 Å². The van der Waals surface area contributed by atoms with Crippen molar-refractivity contribution in [2.24, 2.45) is 23.7 Å². The van der Waals surface area contributed by atoms with Crippen molar-refractivity contribution in [2.45, 2.75) is 336 Å². The number of esters is 4. The Kier molecular flexibility index (Phi) is 33.7. The second-order valence-corrected chi connectivity index (χ2v) is 32.5. The van der Waals surface area contributed by atoms with E-state index in [9.17, 15) is 38.4 Å². The summed E-state index contributed by atoms with van der Waals surface area (Å²) in [6, 6.07) is -4.07. The molecule has 0 radical (unpaired) electrons. The largest absolute Gasteiger partial charge is 0.458 e. The van der Waals surface area contributed by atoms with Crippen LogP contribution in [0.25, 0.3) is 22.1 Å². The van der Waals surface area contributed by atoms with Gasteiger partial charge in [0.05, 0.1) is 0 Å². The number of hydrazine groups is 4. The van der Waals surface area contributed by atoms with E-state index in [1.54, 1.807) is 166 Å². The van der Waals surface area contributed by atoms with Crippen molar-refractivity contribution in [2.75, 3.05) is 0 Å². The minimum atomic E-state index is -0.854. The minimum Gasteiger partial charge on any atom is -0.458 e. The summed E-state index contributed by atoms with van der Waals surface area (Å²) in [6.07, 6.45) is 6.80. The Hall–Kier alpha value is -7.44. The molecule has 0 saturated heterocycles. The molecule has 0 bridgehead atoms. The number of carbonyl (C=O) groups excluding carboxylic acids is 8. The van der Waals surface area contributed by atoms with Gasteiger partial charge >= 0.3 is 48.3 Å². The molecule has 552 valence electrons. The van der Waals surface area contributed by atoms with Crippen LogP contribution in [0.5, 0.6) is 0 Å². The highest BCUT2D eigenvalue weighted by Crippen LogP contribution is 2.34. The first-order valence-electron chi connectivity index (χ1n) is 33.2. The lowest BCUT2D eigenvalue weighted by molar-refractivity contribution is -0.557. The number of ether oxygens (including phenoxy) is 8. The molecule has 12 atom stereocenters. The van der Waals surface area contributed by atoms with Gasteiger partial charge < -0.3 is 59.2 Å². The van der Waals surface area contributed by atoms with Crippen molar-refractivity contribution in [3.05, 3.63) is 22.1 Å². The van der Waals surface area contributed by atoms with Crippen LogP contribution in [0.2, 0.25) is 0 Å². The molecule has 4 rings (SSSR count). The summed E-state index contributed by atoms with van der Waals surface area (Å²) in [5.74, 6) is -2.90. The van der Waals surface area contributed by atoms with Gasteiger partial charge in [0.25, 0.3) is 0 Å². The Morgan fingerprint density at radius 2 is 0.417 bits per heavy atom. The van der Waals surface area contributed by atoms with E-state index in [0.717, 1.165) is 77.0 Å². The van der Waals surface area contributed by atoms with Gasteiger partial charge in [-0.05, 0) is 241 Å². The molecule has 32 nitrogen and oxygen atoms in total. The lowest BCUT2D eigenvalue weighted by Crippen LogP contribution is -2.79. The standard InChI is InChI=1S/4C16H30N4O4/c4*1-15(2,3)23-13(21)12(18-14(22)24-16(4,5)6)10-8-7-9-11(10)19-20-17/h4*10-12,20H,7-9H2,1-6H3,(H2-,17,18,19,22)/t10-,11+,12+;10-,11+,12-;10-,11-,12+;10-,11-,12-/m0011/s1. The Morgan fingerprint density at radius 1 is 0.271 bits per heavy atom. The number of rotatable bonds is 20. The van der Waals surface area contributed by atoms with Crippen molar-refractivity contribution in [3.63, 3.8) is 0 Å². The minimum absolute atomic E-state index is 0.164. The zero-order valence-electron chi connectivity index (χ0n) is 61.7. The topological polar surface area (TPSA) is 452 Å². The number of nitrogens with one attached hydrogen (secondary N) is 12. The van der Waals surface area contributed by atoms with Crippen molar-refractivity contribution in [1.29, 1.82) is 0 Å². The molecule has 0 aromatic heterocycles. The van der Waals surface area contributed by atoms with Gasteiger partial charge in [-0.15, -0.1) is 0 Å². The molecule has 4 aliphatic rings. The molecular weight excluding hydrogens is 1250 g/mol. The highest BCUT2D eigenvalue weighted by atomic mass is 16.6. The van der Waals surface area contributed by atoms with E-state index < -0.39 is 117 Å². The Bertz CT molecular complexity index is 2210. The van der Waals surface area contributed by atoms with Crippen LogP contribution in [0, 0.1) is 23.7 Å². The number of alkyl carbamates (subject to hydrolysis) is 4. The van der Waals surface area contributed by atoms with Crippen LogP contribution in [0.3, 0.4) is 0 Å². The first kappa shape index (κ1) is 86.6. The van der Waals surface area contributed by atoms with E-state index >= 15 is 0 Å². The van der Waals surface area contributed by atoms with Crippen molar-refractivity contribution in [3.8, 4) is 0 Å². The molecule has 32 heteroatoms. The maximum atomic E-state index is 12.6. The molecule has 0 heterocycles. The summed E-state index contributed by atoms with van der Waals surface area (Å²) in [5.41, 5.74) is 41.1. The number of carbonyl (C=O) groups is 8. The predicted molar refractivity (Wildman–Crippen MR) is 350 cm³/mol. The van der Waals surface area contributed by atoms with Crippen LogP contribution in [0.1, 0.15) is 243 Å². The third-order valence-corrected chi connectivity index (χ3v) is 14.3. The number of amides is 4. The Morgan fingerprint density at radius 3 is 0.542 bits per heavy atom. The zero-order chi connectivity index (χ0) is 74.2. The first-order valence-corrected chi connectivity index (χ1v) is 33.2. The van der Waals surface area contributed by atoms with Gasteiger partial charge in [-0.1, -0.05) is 25.7 Å². The Labute approximate surface area is 568 Å². The van der Waals surface area contributed by atoms with Crippen LogP contribution < -0.4 is 63.9 Å². The third-order valence-electron chi connectivity index (χ3n) is 14.3.